The first-order valence-corrected chi connectivity index (χ1v) is 5.29. The molecule has 0 aromatic heterocycles. The van der Waals surface area contributed by atoms with E-state index in [4.69, 9.17) is 10.2 Å². The fraction of sp³-hybridized carbons (Fsp3) is 0.385. The van der Waals surface area contributed by atoms with Gasteiger partial charge in [-0.3, -0.25) is 9.59 Å². The fourth-order valence-corrected chi connectivity index (χ4v) is 1.57. The maximum absolute atomic E-state index is 10.8. The van der Waals surface area contributed by atoms with Crippen molar-refractivity contribution in [2.45, 2.75) is 32.1 Å². The second-order valence-electron chi connectivity index (χ2n) is 4.98. The summed E-state index contributed by atoms with van der Waals surface area (Å²) in [5, 5.41) is 17.7. The summed E-state index contributed by atoms with van der Waals surface area (Å²) in [6, 6.07) is 6.67. The van der Waals surface area contributed by atoms with Gasteiger partial charge in [0.25, 0.3) is 0 Å². The number of carboxylic acid groups (broad SMARTS) is 2. The minimum absolute atomic E-state index is 0. The molecule has 0 bridgehead atoms. The molecule has 0 aliphatic rings. The van der Waals surface area contributed by atoms with Gasteiger partial charge in [0.2, 0.25) is 0 Å². The second-order valence-corrected chi connectivity index (χ2v) is 4.98. The van der Waals surface area contributed by atoms with Crippen molar-refractivity contribution in [2.75, 3.05) is 0 Å². The van der Waals surface area contributed by atoms with Gasteiger partial charge in [-0.25, -0.2) is 0 Å². The molecule has 1 aromatic rings. The molecule has 1 rings (SSSR count). The van der Waals surface area contributed by atoms with Gasteiger partial charge in [-0.15, -0.1) is 0 Å². The molecule has 0 aliphatic heterocycles. The molecule has 1 aromatic carbocycles. The van der Waals surface area contributed by atoms with Crippen LogP contribution < -0.4 is 0 Å². The van der Waals surface area contributed by atoms with Crippen LogP contribution in [0.5, 0.6) is 0 Å². The van der Waals surface area contributed by atoms with Crippen LogP contribution in [-0.4, -0.2) is 103 Å². The van der Waals surface area contributed by atoms with Crippen molar-refractivity contribution in [3.05, 3.63) is 35.4 Å². The van der Waals surface area contributed by atoms with Gasteiger partial charge < -0.3 is 10.2 Å². The molecule has 96 valence electrons. The molecule has 0 amide bonds. The Morgan fingerprint density at radius 2 is 1.37 bits per heavy atom. The van der Waals surface area contributed by atoms with Crippen LogP contribution in [0.15, 0.2) is 24.3 Å². The Kier molecular flexibility index (Phi) is 10.4. The maximum atomic E-state index is 10.8. The van der Waals surface area contributed by atoms with Crippen LogP contribution in [0.3, 0.4) is 0 Å². The van der Waals surface area contributed by atoms with Gasteiger partial charge in [0.1, 0.15) is 0 Å². The SMILES string of the molecule is CC(C)(C)c1ccc(C(C(=O)O)C(=O)O)cc1.[KH].[NaH]. The van der Waals surface area contributed by atoms with E-state index in [1.54, 1.807) is 24.3 Å². The van der Waals surface area contributed by atoms with Crippen LogP contribution >= 0.6 is 0 Å². The summed E-state index contributed by atoms with van der Waals surface area (Å²) >= 11 is 0. The topological polar surface area (TPSA) is 74.6 Å². The predicted octanol–water partition coefficient (Wildman–Crippen LogP) is 0.940. The van der Waals surface area contributed by atoms with Crippen molar-refractivity contribution in [1.29, 1.82) is 0 Å². The molecule has 19 heavy (non-hydrogen) atoms. The van der Waals surface area contributed by atoms with E-state index in [0.717, 1.165) is 5.56 Å². The molecule has 2 N–H and O–H groups in total. The number of benzene rings is 1. The third-order valence-corrected chi connectivity index (χ3v) is 2.60. The number of aliphatic carboxylic acids is 2. The molecular weight excluding hydrogens is 282 g/mol. The van der Waals surface area contributed by atoms with Crippen LogP contribution in [0.1, 0.15) is 37.8 Å². The third-order valence-electron chi connectivity index (χ3n) is 2.60. The van der Waals surface area contributed by atoms with Gasteiger partial charge >= 0.3 is 92.9 Å². The number of hydrogen-bond acceptors (Lipinski definition) is 2. The Morgan fingerprint density at radius 3 is 1.63 bits per heavy atom. The minimum atomic E-state index is -1.50. The molecule has 0 saturated heterocycles. The standard InChI is InChI=1S/C13H16O4.K.Na.2H/c1-13(2,3)9-6-4-8(5-7-9)10(11(14)15)12(16)17;;;;/h4-7,10H,1-3H3,(H,14,15)(H,16,17);;;;. The fourth-order valence-electron chi connectivity index (χ4n) is 1.57. The van der Waals surface area contributed by atoms with Crippen LogP contribution in [0.2, 0.25) is 0 Å². The van der Waals surface area contributed by atoms with Gasteiger partial charge in [0.05, 0.1) is 0 Å². The first-order valence-electron chi connectivity index (χ1n) is 5.29. The summed E-state index contributed by atoms with van der Waals surface area (Å²) in [4.78, 5) is 21.7. The van der Waals surface area contributed by atoms with E-state index in [-0.39, 0.29) is 91.9 Å². The molecule has 0 radical (unpaired) electrons. The zero-order chi connectivity index (χ0) is 13.2. The number of carbonyl (C=O) groups is 2. The van der Waals surface area contributed by atoms with E-state index in [9.17, 15) is 9.59 Å². The number of carboxylic acids is 2. The summed E-state index contributed by atoms with van der Waals surface area (Å²) < 4.78 is 0. The van der Waals surface area contributed by atoms with Crippen LogP contribution in [0.25, 0.3) is 0 Å². The van der Waals surface area contributed by atoms with E-state index in [1.165, 1.54) is 0 Å². The van der Waals surface area contributed by atoms with Gasteiger partial charge in [0, 0.05) is 0 Å². The molecular formula is C13H18KNaO4. The Hall–Kier alpha value is 0.796. The summed E-state index contributed by atoms with van der Waals surface area (Å²) in [7, 11) is 0. The number of hydrogen-bond donors (Lipinski definition) is 2. The molecule has 0 saturated carbocycles. The Morgan fingerprint density at radius 1 is 1.00 bits per heavy atom. The van der Waals surface area contributed by atoms with E-state index in [2.05, 4.69) is 0 Å². The van der Waals surface area contributed by atoms with Crippen LogP contribution in [-0.2, 0) is 15.0 Å². The zero-order valence-corrected chi connectivity index (χ0v) is 10.1. The van der Waals surface area contributed by atoms with Crippen molar-refractivity contribution >= 4 is 92.9 Å². The van der Waals surface area contributed by atoms with E-state index in [0.29, 0.717) is 0 Å². The molecule has 0 heterocycles. The summed E-state index contributed by atoms with van der Waals surface area (Å²) in [5.41, 5.74) is 1.29. The van der Waals surface area contributed by atoms with Crippen molar-refractivity contribution < 1.29 is 19.8 Å². The van der Waals surface area contributed by atoms with Crippen molar-refractivity contribution in [2.24, 2.45) is 0 Å². The van der Waals surface area contributed by atoms with E-state index >= 15 is 0 Å². The van der Waals surface area contributed by atoms with Crippen molar-refractivity contribution in [3.8, 4) is 0 Å². The van der Waals surface area contributed by atoms with E-state index in [1.807, 2.05) is 20.8 Å². The quantitative estimate of drug-likeness (QED) is 0.643. The van der Waals surface area contributed by atoms with Gasteiger partial charge in [-0.05, 0) is 16.5 Å². The molecule has 0 unspecified atom stereocenters. The Labute approximate surface area is 177 Å². The van der Waals surface area contributed by atoms with Crippen LogP contribution in [0, 0.1) is 0 Å². The molecule has 6 heteroatoms. The second kappa shape index (κ2) is 8.95. The first kappa shape index (κ1) is 22.1. The Balaban J connectivity index is 0. The van der Waals surface area contributed by atoms with Gasteiger partial charge in [0.15, 0.2) is 5.92 Å². The molecule has 0 fully saturated rings. The number of rotatable bonds is 3. The average Bonchev–Trinajstić information content (AvgIpc) is 2.15. The monoisotopic (exact) mass is 300 g/mol. The summed E-state index contributed by atoms with van der Waals surface area (Å²) in [6.45, 7) is 6.11. The van der Waals surface area contributed by atoms with Gasteiger partial charge in [-0.1, -0.05) is 45.0 Å². The first-order chi connectivity index (χ1) is 7.73. The molecule has 0 aliphatic carbocycles. The summed E-state index contributed by atoms with van der Waals surface area (Å²) in [5.74, 6) is -4.19. The Bertz CT molecular complexity index is 423. The third kappa shape index (κ3) is 6.39. The van der Waals surface area contributed by atoms with Crippen LogP contribution in [0.4, 0.5) is 0 Å². The van der Waals surface area contributed by atoms with Crippen molar-refractivity contribution in [1.82, 2.24) is 0 Å². The van der Waals surface area contributed by atoms with Crippen molar-refractivity contribution in [3.63, 3.8) is 0 Å². The molecule has 4 nitrogen and oxygen atoms in total. The summed E-state index contributed by atoms with van der Waals surface area (Å²) in [6.07, 6.45) is 0. The van der Waals surface area contributed by atoms with Gasteiger partial charge in [-0.2, -0.15) is 0 Å². The predicted molar refractivity (Wildman–Crippen MR) is 77.5 cm³/mol. The van der Waals surface area contributed by atoms with E-state index < -0.39 is 17.9 Å². The zero-order valence-electron chi connectivity index (χ0n) is 10.1. The molecule has 0 spiro atoms. The normalized spacial score (nSPS) is 10.3. The average molecular weight is 300 g/mol. The molecule has 0 atom stereocenters.